The highest BCUT2D eigenvalue weighted by Gasteiger charge is 2.44. The fraction of sp³-hybridized carbons (Fsp3) is 0.500. The van der Waals surface area contributed by atoms with Crippen molar-refractivity contribution in [1.82, 2.24) is 0 Å². The molecule has 1 aromatic carbocycles. The molecule has 2 rings (SSSR count). The summed E-state index contributed by atoms with van der Waals surface area (Å²) in [6.45, 7) is 0.276. The maximum Gasteiger partial charge on any atom is 0.268 e. The summed E-state index contributed by atoms with van der Waals surface area (Å²) in [5, 5.41) is 18.9. The monoisotopic (exact) mass is 260 g/mol. The Morgan fingerprint density at radius 3 is 2.63 bits per heavy atom. The minimum Gasteiger partial charge on any atom is -0.395 e. The predicted octanol–water partition coefficient (Wildman–Crippen LogP) is 1.59. The van der Waals surface area contributed by atoms with Crippen molar-refractivity contribution in [2.75, 3.05) is 13.2 Å². The van der Waals surface area contributed by atoms with Gasteiger partial charge in [0.05, 0.1) is 6.61 Å². The zero-order valence-corrected chi connectivity index (χ0v) is 10.8. The normalized spacial score (nSPS) is 22.0. The fourth-order valence-electron chi connectivity index (χ4n) is 3.19. The molecule has 1 aliphatic rings. The number of nitrogens with two attached hydrogens (primary N) is 1. The van der Waals surface area contributed by atoms with Gasteiger partial charge in [-0.2, -0.15) is 0 Å². The quantitative estimate of drug-likeness (QED) is 0.807. The van der Waals surface area contributed by atoms with Crippen LogP contribution in [0.25, 0.3) is 0 Å². The molecular weight excluding hydrogens is 242 g/mol. The number of hydrogen-bond donors (Lipinski definition) is 2. The second-order valence-corrected chi connectivity index (χ2v) is 5.36. The Hall–Kier alpha value is -1.38. The standard InChI is InChI=1S/C14H18BFN2O/c16-13-3-1-11(2-4-13)14(8-17,9-19)12-5-6-15(7-12)10-18/h1-4,12,19H,5-9,17H2. The van der Waals surface area contributed by atoms with Crippen LogP contribution in [0.2, 0.25) is 12.6 Å². The zero-order valence-electron chi connectivity index (χ0n) is 10.8. The molecule has 0 spiro atoms. The minimum atomic E-state index is -0.556. The van der Waals surface area contributed by atoms with Crippen molar-refractivity contribution in [2.24, 2.45) is 11.7 Å². The van der Waals surface area contributed by atoms with Crippen LogP contribution >= 0.6 is 0 Å². The second kappa shape index (κ2) is 5.73. The van der Waals surface area contributed by atoms with E-state index in [0.29, 0.717) is 6.54 Å². The summed E-state index contributed by atoms with van der Waals surface area (Å²) in [7, 11) is 0. The molecule has 5 heteroatoms. The summed E-state index contributed by atoms with van der Waals surface area (Å²) < 4.78 is 13.0. The van der Waals surface area contributed by atoms with E-state index in [1.807, 2.05) is 0 Å². The number of nitriles is 1. The van der Waals surface area contributed by atoms with Gasteiger partial charge in [-0.3, -0.25) is 0 Å². The van der Waals surface area contributed by atoms with Crippen LogP contribution in [-0.2, 0) is 5.41 Å². The number of benzene rings is 1. The van der Waals surface area contributed by atoms with Crippen LogP contribution in [0.3, 0.4) is 0 Å². The molecule has 1 aliphatic heterocycles. The average molecular weight is 260 g/mol. The van der Waals surface area contributed by atoms with E-state index in [9.17, 15) is 9.50 Å². The van der Waals surface area contributed by atoms with Gasteiger partial charge < -0.3 is 10.8 Å². The Morgan fingerprint density at radius 1 is 1.47 bits per heavy atom. The third kappa shape index (κ3) is 2.51. The predicted molar refractivity (Wildman–Crippen MR) is 73.3 cm³/mol. The summed E-state index contributed by atoms with van der Waals surface area (Å²) in [6.07, 6.45) is 2.49. The molecule has 3 N–H and O–H groups in total. The highest BCUT2D eigenvalue weighted by atomic mass is 19.1. The summed E-state index contributed by atoms with van der Waals surface area (Å²) in [4.78, 5) is 0. The third-order valence-corrected chi connectivity index (χ3v) is 4.46. The molecule has 0 aliphatic carbocycles. The molecule has 0 aromatic heterocycles. The van der Waals surface area contributed by atoms with E-state index in [2.05, 4.69) is 5.97 Å². The Morgan fingerprint density at radius 2 is 2.16 bits per heavy atom. The van der Waals surface area contributed by atoms with Crippen LogP contribution in [0, 0.1) is 23.0 Å². The lowest BCUT2D eigenvalue weighted by Crippen LogP contribution is -2.45. The van der Waals surface area contributed by atoms with Crippen LogP contribution in [0.4, 0.5) is 4.39 Å². The van der Waals surface area contributed by atoms with Gasteiger partial charge >= 0.3 is 0 Å². The van der Waals surface area contributed by atoms with E-state index in [1.165, 1.54) is 12.1 Å². The van der Waals surface area contributed by atoms with Crippen molar-refractivity contribution in [2.45, 2.75) is 24.5 Å². The van der Waals surface area contributed by atoms with E-state index in [-0.39, 0.29) is 25.1 Å². The molecule has 1 saturated heterocycles. The summed E-state index contributed by atoms with van der Waals surface area (Å²) in [6, 6.07) is 6.18. The van der Waals surface area contributed by atoms with Crippen molar-refractivity contribution in [3.63, 3.8) is 0 Å². The van der Waals surface area contributed by atoms with Crippen LogP contribution in [0.1, 0.15) is 12.0 Å². The lowest BCUT2D eigenvalue weighted by molar-refractivity contribution is 0.149. The van der Waals surface area contributed by atoms with Crippen LogP contribution < -0.4 is 5.73 Å². The summed E-state index contributed by atoms with van der Waals surface area (Å²) >= 11 is 0. The van der Waals surface area contributed by atoms with Gasteiger partial charge in [-0.15, -0.1) is 0 Å². The van der Waals surface area contributed by atoms with Gasteiger partial charge in [0, 0.05) is 17.9 Å². The molecule has 100 valence electrons. The highest BCUT2D eigenvalue weighted by molar-refractivity contribution is 6.67. The molecule has 3 nitrogen and oxygen atoms in total. The first-order chi connectivity index (χ1) is 9.16. The number of nitrogens with zero attached hydrogens (tertiary/aromatic N) is 1. The van der Waals surface area contributed by atoms with Crippen molar-refractivity contribution >= 4 is 6.71 Å². The molecule has 2 atom stereocenters. The van der Waals surface area contributed by atoms with Crippen LogP contribution in [0.5, 0.6) is 0 Å². The number of rotatable bonds is 4. The Kier molecular flexibility index (Phi) is 4.23. The Labute approximate surface area is 113 Å². The molecule has 1 fully saturated rings. The molecule has 0 radical (unpaired) electrons. The van der Waals surface area contributed by atoms with Crippen molar-refractivity contribution < 1.29 is 9.50 Å². The average Bonchev–Trinajstić information content (AvgIpc) is 2.92. The van der Waals surface area contributed by atoms with E-state index >= 15 is 0 Å². The van der Waals surface area contributed by atoms with Crippen molar-refractivity contribution in [3.05, 3.63) is 35.6 Å². The fourth-order valence-corrected chi connectivity index (χ4v) is 3.19. The first kappa shape index (κ1) is 14.0. The van der Waals surface area contributed by atoms with Gasteiger partial charge in [0.15, 0.2) is 0 Å². The Balaban J connectivity index is 2.33. The molecule has 0 saturated carbocycles. The van der Waals surface area contributed by atoms with Gasteiger partial charge in [0.25, 0.3) is 6.71 Å². The zero-order chi connectivity index (χ0) is 13.9. The SMILES string of the molecule is N#CB1CCC(C(CN)(CO)c2ccc(F)cc2)C1. The topological polar surface area (TPSA) is 70.0 Å². The summed E-state index contributed by atoms with van der Waals surface area (Å²) in [5.74, 6) is 2.17. The van der Waals surface area contributed by atoms with Crippen molar-refractivity contribution in [1.29, 1.82) is 5.26 Å². The van der Waals surface area contributed by atoms with E-state index in [1.54, 1.807) is 12.1 Å². The second-order valence-electron chi connectivity index (χ2n) is 5.36. The van der Waals surface area contributed by atoms with Crippen LogP contribution in [-0.4, -0.2) is 25.0 Å². The minimum absolute atomic E-state index is 0.0444. The van der Waals surface area contributed by atoms with Gasteiger partial charge in [-0.25, -0.2) is 9.65 Å². The van der Waals surface area contributed by atoms with Gasteiger partial charge in [-0.05, 0) is 23.6 Å². The third-order valence-electron chi connectivity index (χ3n) is 4.46. The Bertz CT molecular complexity index is 467. The van der Waals surface area contributed by atoms with Crippen LogP contribution in [0.15, 0.2) is 24.3 Å². The largest absolute Gasteiger partial charge is 0.395 e. The molecule has 0 bridgehead atoms. The first-order valence-electron chi connectivity index (χ1n) is 6.63. The molecule has 2 unspecified atom stereocenters. The maximum atomic E-state index is 13.0. The van der Waals surface area contributed by atoms with E-state index < -0.39 is 5.41 Å². The highest BCUT2D eigenvalue weighted by Crippen LogP contribution is 2.42. The lowest BCUT2D eigenvalue weighted by Gasteiger charge is -2.37. The number of hydrogen-bond acceptors (Lipinski definition) is 3. The lowest BCUT2D eigenvalue weighted by atomic mass is 9.48. The smallest absolute Gasteiger partial charge is 0.268 e. The number of halogens is 1. The molecular formula is C14H18BFN2O. The van der Waals surface area contributed by atoms with E-state index in [0.717, 1.165) is 24.6 Å². The molecule has 19 heavy (non-hydrogen) atoms. The molecule has 1 heterocycles. The van der Waals surface area contributed by atoms with Crippen molar-refractivity contribution in [3.8, 4) is 5.97 Å². The van der Waals surface area contributed by atoms with Gasteiger partial charge in [0.1, 0.15) is 5.82 Å². The summed E-state index contributed by atoms with van der Waals surface area (Å²) in [5.41, 5.74) is 6.23. The number of aliphatic hydroxyl groups is 1. The van der Waals surface area contributed by atoms with Gasteiger partial charge in [0.2, 0.25) is 0 Å². The maximum absolute atomic E-state index is 13.0. The van der Waals surface area contributed by atoms with E-state index in [4.69, 9.17) is 11.0 Å². The molecule has 1 aromatic rings. The number of aliphatic hydroxyl groups excluding tert-OH is 1. The van der Waals surface area contributed by atoms with Gasteiger partial charge in [-0.1, -0.05) is 31.2 Å². The first-order valence-corrected chi connectivity index (χ1v) is 6.63. The molecule has 0 amide bonds.